The lowest BCUT2D eigenvalue weighted by Crippen LogP contribution is -2.04. The molecule has 6 nitrogen and oxygen atoms in total. The van der Waals surface area contributed by atoms with Crippen molar-refractivity contribution < 1.29 is 0 Å². The van der Waals surface area contributed by atoms with E-state index < -0.39 is 0 Å². The Morgan fingerprint density at radius 3 is 3.00 bits per heavy atom. The van der Waals surface area contributed by atoms with Crippen LogP contribution in [0.15, 0.2) is 41.9 Å². The summed E-state index contributed by atoms with van der Waals surface area (Å²) in [5.74, 6) is 0.768. The first-order valence-electron chi connectivity index (χ1n) is 6.87. The zero-order chi connectivity index (χ0) is 14.2. The molecule has 6 heteroatoms. The maximum Gasteiger partial charge on any atom is 0.165 e. The molecule has 1 unspecified atom stereocenters. The van der Waals surface area contributed by atoms with Gasteiger partial charge in [0.2, 0.25) is 0 Å². The average molecular weight is 278 g/mol. The fraction of sp³-hybridized carbons (Fsp3) is 0.200. The first kappa shape index (κ1) is 12.0. The van der Waals surface area contributed by atoms with E-state index in [4.69, 9.17) is 5.73 Å². The fourth-order valence-corrected chi connectivity index (χ4v) is 2.74. The zero-order valence-electron chi connectivity index (χ0n) is 11.3. The van der Waals surface area contributed by atoms with Crippen LogP contribution in [0.5, 0.6) is 0 Å². The quantitative estimate of drug-likeness (QED) is 0.797. The summed E-state index contributed by atoms with van der Waals surface area (Å²) in [7, 11) is 0. The summed E-state index contributed by atoms with van der Waals surface area (Å²) >= 11 is 0. The number of para-hydroxylation sites is 1. The molecule has 0 aliphatic carbocycles. The average Bonchev–Trinajstić information content (AvgIpc) is 3.10. The number of nitrogen functional groups attached to an aromatic ring is 1. The third kappa shape index (κ3) is 1.96. The Labute approximate surface area is 121 Å². The monoisotopic (exact) mass is 278 g/mol. The zero-order valence-corrected chi connectivity index (χ0v) is 11.3. The molecule has 3 heterocycles. The SMILES string of the molecule is Nc1ncnc2c1ncn2CCC1C=Nc2ccccc21. The third-order valence-corrected chi connectivity index (χ3v) is 3.84. The van der Waals surface area contributed by atoms with E-state index in [0.29, 0.717) is 17.3 Å². The largest absolute Gasteiger partial charge is 0.382 e. The second-order valence-corrected chi connectivity index (χ2v) is 5.10. The summed E-state index contributed by atoms with van der Waals surface area (Å²) in [6.07, 6.45) is 6.22. The van der Waals surface area contributed by atoms with Crippen molar-refractivity contribution in [2.45, 2.75) is 18.9 Å². The molecule has 0 bridgehead atoms. The van der Waals surface area contributed by atoms with E-state index in [1.807, 2.05) is 22.9 Å². The van der Waals surface area contributed by atoms with Crippen LogP contribution in [0.25, 0.3) is 11.2 Å². The van der Waals surface area contributed by atoms with Gasteiger partial charge in [-0.25, -0.2) is 15.0 Å². The van der Waals surface area contributed by atoms with E-state index in [0.717, 1.165) is 24.3 Å². The topological polar surface area (TPSA) is 82.0 Å². The van der Waals surface area contributed by atoms with Crippen molar-refractivity contribution >= 4 is 28.9 Å². The number of hydrogen-bond donors (Lipinski definition) is 1. The lowest BCUT2D eigenvalue weighted by molar-refractivity contribution is 0.637. The summed E-state index contributed by atoms with van der Waals surface area (Å²) in [6.45, 7) is 0.817. The summed E-state index contributed by atoms with van der Waals surface area (Å²) in [5.41, 5.74) is 9.61. The van der Waals surface area contributed by atoms with Crippen molar-refractivity contribution in [3.63, 3.8) is 0 Å². The van der Waals surface area contributed by atoms with Gasteiger partial charge in [0.1, 0.15) is 11.8 Å². The first-order valence-corrected chi connectivity index (χ1v) is 6.87. The number of benzene rings is 1. The Bertz CT molecular complexity index is 835. The number of fused-ring (bicyclic) bond motifs is 2. The van der Waals surface area contributed by atoms with Gasteiger partial charge in [-0.15, -0.1) is 0 Å². The van der Waals surface area contributed by atoms with E-state index in [1.54, 1.807) is 6.33 Å². The van der Waals surface area contributed by atoms with Crippen LogP contribution in [-0.4, -0.2) is 25.7 Å². The van der Waals surface area contributed by atoms with Crippen LogP contribution >= 0.6 is 0 Å². The van der Waals surface area contributed by atoms with Crippen LogP contribution in [0.2, 0.25) is 0 Å². The number of rotatable bonds is 3. The maximum absolute atomic E-state index is 5.80. The fourth-order valence-electron chi connectivity index (χ4n) is 2.74. The van der Waals surface area contributed by atoms with Gasteiger partial charge in [-0.2, -0.15) is 0 Å². The molecule has 0 saturated heterocycles. The lowest BCUT2D eigenvalue weighted by Gasteiger charge is -2.10. The molecule has 1 atom stereocenters. The molecule has 0 amide bonds. The number of anilines is 1. The number of nitrogens with zero attached hydrogens (tertiary/aromatic N) is 5. The van der Waals surface area contributed by atoms with E-state index in [1.165, 1.54) is 11.9 Å². The number of aryl methyl sites for hydroxylation is 1. The van der Waals surface area contributed by atoms with E-state index in [2.05, 4.69) is 32.1 Å². The van der Waals surface area contributed by atoms with Gasteiger partial charge >= 0.3 is 0 Å². The number of nitrogens with two attached hydrogens (primary N) is 1. The van der Waals surface area contributed by atoms with Crippen LogP contribution in [-0.2, 0) is 6.54 Å². The van der Waals surface area contributed by atoms with Crippen LogP contribution in [0.4, 0.5) is 11.5 Å². The molecule has 3 aromatic rings. The Morgan fingerprint density at radius 2 is 2.05 bits per heavy atom. The normalized spacial score (nSPS) is 16.5. The highest BCUT2D eigenvalue weighted by Gasteiger charge is 2.18. The number of aromatic nitrogens is 4. The summed E-state index contributed by atoms with van der Waals surface area (Å²) < 4.78 is 2.02. The van der Waals surface area contributed by atoms with Crippen LogP contribution in [0.3, 0.4) is 0 Å². The van der Waals surface area contributed by atoms with Gasteiger partial charge in [0.25, 0.3) is 0 Å². The second kappa shape index (κ2) is 4.66. The first-order chi connectivity index (χ1) is 10.3. The molecular formula is C15H14N6. The maximum atomic E-state index is 5.80. The Morgan fingerprint density at radius 1 is 1.14 bits per heavy atom. The minimum atomic E-state index is 0.345. The molecule has 2 aromatic heterocycles. The summed E-state index contributed by atoms with van der Waals surface area (Å²) in [5, 5.41) is 0. The van der Waals surface area contributed by atoms with Gasteiger partial charge in [0.15, 0.2) is 11.5 Å². The van der Waals surface area contributed by atoms with E-state index >= 15 is 0 Å². The van der Waals surface area contributed by atoms with Gasteiger partial charge in [0, 0.05) is 18.7 Å². The molecule has 4 rings (SSSR count). The molecule has 0 spiro atoms. The lowest BCUT2D eigenvalue weighted by atomic mass is 9.98. The Balaban J connectivity index is 1.57. The van der Waals surface area contributed by atoms with Crippen LogP contribution in [0, 0.1) is 0 Å². The predicted octanol–water partition coefficient (Wildman–Crippen LogP) is 2.30. The molecule has 1 aromatic carbocycles. The summed E-state index contributed by atoms with van der Waals surface area (Å²) in [4.78, 5) is 17.0. The second-order valence-electron chi connectivity index (χ2n) is 5.10. The third-order valence-electron chi connectivity index (χ3n) is 3.84. The minimum Gasteiger partial charge on any atom is -0.382 e. The van der Waals surface area contributed by atoms with Crippen molar-refractivity contribution in [3.05, 3.63) is 42.5 Å². The molecule has 1 aliphatic heterocycles. The van der Waals surface area contributed by atoms with Gasteiger partial charge in [-0.3, -0.25) is 4.99 Å². The van der Waals surface area contributed by atoms with Gasteiger partial charge in [-0.1, -0.05) is 18.2 Å². The highest BCUT2D eigenvalue weighted by molar-refractivity contribution is 5.81. The van der Waals surface area contributed by atoms with Crippen LogP contribution in [0.1, 0.15) is 17.9 Å². The molecule has 0 fully saturated rings. The molecule has 21 heavy (non-hydrogen) atoms. The van der Waals surface area contributed by atoms with Crippen molar-refractivity contribution in [2.24, 2.45) is 4.99 Å². The highest BCUT2D eigenvalue weighted by atomic mass is 15.1. The molecule has 1 aliphatic rings. The molecule has 0 radical (unpaired) electrons. The number of imidazole rings is 1. The number of hydrogen-bond acceptors (Lipinski definition) is 5. The molecule has 104 valence electrons. The van der Waals surface area contributed by atoms with Crippen molar-refractivity contribution in [2.75, 3.05) is 5.73 Å². The Kier molecular flexibility index (Phi) is 2.67. The minimum absolute atomic E-state index is 0.345. The highest BCUT2D eigenvalue weighted by Crippen LogP contribution is 2.34. The number of aliphatic imine (C=N–C) groups is 1. The van der Waals surface area contributed by atoms with Gasteiger partial charge in [-0.05, 0) is 18.1 Å². The van der Waals surface area contributed by atoms with Crippen molar-refractivity contribution in [3.8, 4) is 0 Å². The standard InChI is InChI=1S/C15H14N6/c16-14-13-15(19-8-18-14)21(9-20-13)6-5-10-7-17-12-4-2-1-3-11(10)12/h1-4,7-10H,5-6H2,(H2,16,18,19). The molecule has 2 N–H and O–H groups in total. The predicted molar refractivity (Wildman–Crippen MR) is 81.7 cm³/mol. The van der Waals surface area contributed by atoms with Gasteiger partial charge in [0.05, 0.1) is 12.0 Å². The van der Waals surface area contributed by atoms with E-state index in [-0.39, 0.29) is 0 Å². The van der Waals surface area contributed by atoms with Crippen molar-refractivity contribution in [1.82, 2.24) is 19.5 Å². The summed E-state index contributed by atoms with van der Waals surface area (Å²) in [6, 6.07) is 8.26. The van der Waals surface area contributed by atoms with Crippen LogP contribution < -0.4 is 5.73 Å². The molecular weight excluding hydrogens is 264 g/mol. The molecule has 0 saturated carbocycles. The van der Waals surface area contributed by atoms with Crippen molar-refractivity contribution in [1.29, 1.82) is 0 Å². The van der Waals surface area contributed by atoms with Gasteiger partial charge < -0.3 is 10.3 Å². The smallest absolute Gasteiger partial charge is 0.165 e. The van der Waals surface area contributed by atoms with E-state index in [9.17, 15) is 0 Å². The Hall–Kier alpha value is -2.76.